The zero-order chi connectivity index (χ0) is 12.3. The smallest absolute Gasteiger partial charge is 0.231 e. The van der Waals surface area contributed by atoms with E-state index in [1.54, 1.807) is 0 Å². The number of amides is 1. The molecule has 4 heteroatoms. The van der Waals surface area contributed by atoms with Crippen LogP contribution in [0.25, 0.3) is 0 Å². The van der Waals surface area contributed by atoms with Gasteiger partial charge in [-0.05, 0) is 30.3 Å². The molecular formula is C13H19N3O. The van der Waals surface area contributed by atoms with Crippen LogP contribution < -0.4 is 15.5 Å². The summed E-state index contributed by atoms with van der Waals surface area (Å²) in [5.74, 6) is 0.200. The van der Waals surface area contributed by atoms with Crippen LogP contribution in [-0.4, -0.2) is 32.6 Å². The van der Waals surface area contributed by atoms with E-state index in [9.17, 15) is 4.79 Å². The number of nitrogens with zero attached hydrogens (tertiary/aromatic N) is 1. The number of hydrogen-bond donors (Lipinski definition) is 2. The van der Waals surface area contributed by atoms with Crippen molar-refractivity contribution in [2.75, 3.05) is 36.9 Å². The highest BCUT2D eigenvalue weighted by atomic mass is 16.2. The molecule has 0 aromatic heterocycles. The summed E-state index contributed by atoms with van der Waals surface area (Å²) in [4.78, 5) is 13.8. The molecule has 1 amide bonds. The summed E-state index contributed by atoms with van der Waals surface area (Å²) in [6.45, 7) is 4.60. The molecule has 0 saturated carbocycles. The van der Waals surface area contributed by atoms with Crippen molar-refractivity contribution in [1.29, 1.82) is 0 Å². The van der Waals surface area contributed by atoms with E-state index in [1.807, 2.05) is 24.1 Å². The van der Waals surface area contributed by atoms with Crippen molar-refractivity contribution in [3.8, 4) is 0 Å². The van der Waals surface area contributed by atoms with Gasteiger partial charge < -0.3 is 15.5 Å². The second-order valence-corrected chi connectivity index (χ2v) is 4.17. The first-order chi connectivity index (χ1) is 8.26. The van der Waals surface area contributed by atoms with Crippen LogP contribution >= 0.6 is 0 Å². The normalized spacial score (nSPS) is 14.0. The van der Waals surface area contributed by atoms with Crippen LogP contribution in [0.5, 0.6) is 0 Å². The summed E-state index contributed by atoms with van der Waals surface area (Å²) >= 11 is 0. The highest BCUT2D eigenvalue weighted by Crippen LogP contribution is 2.30. The first-order valence-electron chi connectivity index (χ1n) is 6.08. The van der Waals surface area contributed by atoms with Crippen LogP contribution in [0.15, 0.2) is 18.2 Å². The molecule has 4 nitrogen and oxygen atoms in total. The lowest BCUT2D eigenvalue weighted by Gasteiger charge is -2.17. The van der Waals surface area contributed by atoms with Gasteiger partial charge in [0, 0.05) is 31.5 Å². The zero-order valence-electron chi connectivity index (χ0n) is 10.4. The van der Waals surface area contributed by atoms with Crippen molar-refractivity contribution in [1.82, 2.24) is 5.32 Å². The van der Waals surface area contributed by atoms with Crippen molar-refractivity contribution >= 4 is 17.3 Å². The molecule has 2 rings (SSSR count). The molecule has 0 spiro atoms. The fourth-order valence-electron chi connectivity index (χ4n) is 2.15. The second-order valence-electron chi connectivity index (χ2n) is 4.17. The predicted octanol–water partition coefficient (Wildman–Crippen LogP) is 1.23. The summed E-state index contributed by atoms with van der Waals surface area (Å²) in [6, 6.07) is 6.09. The minimum Gasteiger partial charge on any atom is -0.388 e. The summed E-state index contributed by atoms with van der Waals surface area (Å²) in [6.07, 6.45) is 0.525. The fourth-order valence-corrected chi connectivity index (χ4v) is 2.15. The molecule has 92 valence electrons. The van der Waals surface area contributed by atoms with Crippen molar-refractivity contribution in [2.45, 2.75) is 13.3 Å². The van der Waals surface area contributed by atoms with Crippen LogP contribution in [0.2, 0.25) is 0 Å². The Morgan fingerprint density at radius 1 is 1.41 bits per heavy atom. The number of carbonyl (C=O) groups excluding carboxylic acids is 1. The minimum absolute atomic E-state index is 0.200. The van der Waals surface area contributed by atoms with Gasteiger partial charge in [0.05, 0.1) is 6.42 Å². The van der Waals surface area contributed by atoms with Crippen LogP contribution in [0.4, 0.5) is 11.4 Å². The summed E-state index contributed by atoms with van der Waals surface area (Å²) in [7, 11) is 1.89. The first kappa shape index (κ1) is 11.9. The lowest BCUT2D eigenvalue weighted by Crippen LogP contribution is -2.34. The lowest BCUT2D eigenvalue weighted by atomic mass is 10.1. The first-order valence-corrected chi connectivity index (χ1v) is 6.08. The highest BCUT2D eigenvalue weighted by Gasteiger charge is 2.26. The van der Waals surface area contributed by atoms with Gasteiger partial charge in [0.15, 0.2) is 0 Å². The second kappa shape index (κ2) is 5.19. The van der Waals surface area contributed by atoms with Gasteiger partial charge in [-0.1, -0.05) is 6.92 Å². The van der Waals surface area contributed by atoms with Gasteiger partial charge >= 0.3 is 0 Å². The lowest BCUT2D eigenvalue weighted by molar-refractivity contribution is -0.117. The van der Waals surface area contributed by atoms with E-state index in [2.05, 4.69) is 23.6 Å². The topological polar surface area (TPSA) is 44.4 Å². The van der Waals surface area contributed by atoms with Gasteiger partial charge in [-0.2, -0.15) is 0 Å². The van der Waals surface area contributed by atoms with Crippen molar-refractivity contribution < 1.29 is 4.79 Å². The molecule has 0 aliphatic carbocycles. The molecule has 0 saturated heterocycles. The van der Waals surface area contributed by atoms with Crippen molar-refractivity contribution in [2.24, 2.45) is 0 Å². The number of hydrogen-bond acceptors (Lipinski definition) is 3. The van der Waals surface area contributed by atoms with Crippen LogP contribution in [0.3, 0.4) is 0 Å². The average Bonchev–Trinajstić information content (AvgIpc) is 2.65. The Bertz CT molecular complexity index is 417. The third kappa shape index (κ3) is 2.42. The number of nitrogens with one attached hydrogen (secondary N) is 2. The Morgan fingerprint density at radius 3 is 2.94 bits per heavy atom. The average molecular weight is 233 g/mol. The van der Waals surface area contributed by atoms with Gasteiger partial charge in [0.1, 0.15) is 0 Å². The maximum atomic E-state index is 11.9. The van der Waals surface area contributed by atoms with E-state index >= 15 is 0 Å². The third-order valence-corrected chi connectivity index (χ3v) is 3.06. The summed E-state index contributed by atoms with van der Waals surface area (Å²) in [5, 5.41) is 6.34. The van der Waals surface area contributed by atoms with Gasteiger partial charge in [0.2, 0.25) is 5.91 Å². The Hall–Kier alpha value is -1.55. The molecule has 0 atom stereocenters. The Morgan fingerprint density at radius 2 is 2.24 bits per heavy atom. The monoisotopic (exact) mass is 233 g/mol. The molecule has 17 heavy (non-hydrogen) atoms. The van der Waals surface area contributed by atoms with E-state index < -0.39 is 0 Å². The Labute approximate surface area is 102 Å². The summed E-state index contributed by atoms with van der Waals surface area (Å²) < 4.78 is 0. The van der Waals surface area contributed by atoms with E-state index in [1.165, 1.54) is 0 Å². The van der Waals surface area contributed by atoms with Crippen molar-refractivity contribution in [3.05, 3.63) is 23.8 Å². The maximum absolute atomic E-state index is 11.9. The maximum Gasteiger partial charge on any atom is 0.231 e. The highest BCUT2D eigenvalue weighted by molar-refractivity contribution is 6.01. The van der Waals surface area contributed by atoms with Crippen LogP contribution in [0, 0.1) is 0 Å². The molecule has 1 aliphatic rings. The minimum atomic E-state index is 0.200. The Kier molecular flexibility index (Phi) is 3.64. The number of likely N-dealkylation sites (N-methyl/N-ethyl adjacent to an activating group) is 1. The molecule has 0 unspecified atom stereocenters. The van der Waals surface area contributed by atoms with E-state index in [0.717, 1.165) is 36.6 Å². The van der Waals surface area contributed by atoms with Gasteiger partial charge in [-0.25, -0.2) is 0 Å². The number of benzene rings is 1. The molecule has 0 fully saturated rings. The molecule has 1 heterocycles. The van der Waals surface area contributed by atoms with Gasteiger partial charge in [-0.3, -0.25) is 4.79 Å². The number of fused-ring (bicyclic) bond motifs is 1. The zero-order valence-corrected chi connectivity index (χ0v) is 10.4. The van der Waals surface area contributed by atoms with Gasteiger partial charge in [0.25, 0.3) is 0 Å². The molecule has 1 aromatic rings. The molecule has 2 N–H and O–H groups in total. The van der Waals surface area contributed by atoms with Crippen molar-refractivity contribution in [3.63, 3.8) is 0 Å². The fraction of sp³-hybridized carbons (Fsp3) is 0.462. The largest absolute Gasteiger partial charge is 0.388 e. The number of anilines is 2. The molecule has 0 bridgehead atoms. The van der Waals surface area contributed by atoms with E-state index in [-0.39, 0.29) is 5.91 Å². The molecular weight excluding hydrogens is 214 g/mol. The molecule has 1 aromatic carbocycles. The SMILES string of the molecule is CCNCCN1C(=O)Cc2cc(NC)ccc21. The molecule has 0 radical (unpaired) electrons. The number of rotatable bonds is 5. The van der Waals surface area contributed by atoms with Gasteiger partial charge in [-0.15, -0.1) is 0 Å². The molecule has 1 aliphatic heterocycles. The quantitative estimate of drug-likeness (QED) is 0.752. The van der Waals surface area contributed by atoms with E-state index in [4.69, 9.17) is 0 Å². The van der Waals surface area contributed by atoms with Crippen LogP contribution in [-0.2, 0) is 11.2 Å². The third-order valence-electron chi connectivity index (χ3n) is 3.06. The predicted molar refractivity (Wildman–Crippen MR) is 70.6 cm³/mol. The van der Waals surface area contributed by atoms with E-state index in [0.29, 0.717) is 6.42 Å². The Balaban J connectivity index is 2.13. The standard InChI is InChI=1S/C13H19N3O/c1-3-15-6-7-16-12-5-4-11(14-2)8-10(12)9-13(16)17/h4-5,8,14-15H,3,6-7,9H2,1-2H3. The van der Waals surface area contributed by atoms with Crippen LogP contribution in [0.1, 0.15) is 12.5 Å². The summed E-state index contributed by atoms with van der Waals surface area (Å²) in [5.41, 5.74) is 3.25. The number of carbonyl (C=O) groups is 1.